The lowest BCUT2D eigenvalue weighted by molar-refractivity contribution is 0.0309. The molecule has 1 fully saturated rings. The number of halogens is 1. The number of carbonyl (C=O) groups is 1. The van der Waals surface area contributed by atoms with Crippen LogP contribution in [0.4, 0.5) is 10.5 Å². The molecule has 0 radical (unpaired) electrons. The Bertz CT molecular complexity index is 1440. The number of carbonyl (C=O) groups excluding carboxylic acids is 1. The van der Waals surface area contributed by atoms with Gasteiger partial charge in [-0.15, -0.1) is 0 Å². The molecule has 8 heteroatoms. The Morgan fingerprint density at radius 3 is 1.98 bits per heavy atom. The first-order valence-electron chi connectivity index (χ1n) is 15.8. The lowest BCUT2D eigenvalue weighted by Gasteiger charge is -2.53. The zero-order valence-electron chi connectivity index (χ0n) is 27.2. The minimum Gasteiger partial charge on any atom is -0.497 e. The molecular formula is C36H47ClN2O4Si. The standard InChI is InChI=1S/C36H47ClN2O4Si/c1-35(2,3)33(43-44(6)7)20-21-36(27-12-13-27)31-22-28(37)14-19-32(31)38(23-25-8-15-29(41-4)16-9-25)34(40)39(36)24-26-10-17-30(42-5)18-11-26/h8-11,14-19,22,27,33,44H,12-13,20-21,23-24H2,1-7H3. The van der Waals surface area contributed by atoms with E-state index in [0.29, 0.717) is 24.0 Å². The quantitative estimate of drug-likeness (QED) is 0.187. The SMILES string of the molecule is COc1ccc(CN2C(=O)N(Cc3ccc(OC)cc3)C(CCC(O[SiH](C)C)C(C)(C)C)(C3CC3)c3cc(Cl)ccc32)cc1. The number of anilines is 1. The summed E-state index contributed by atoms with van der Waals surface area (Å²) < 4.78 is 17.5. The van der Waals surface area contributed by atoms with Crippen molar-refractivity contribution in [3.8, 4) is 11.5 Å². The third-order valence-electron chi connectivity index (χ3n) is 9.10. The molecule has 236 valence electrons. The number of urea groups is 1. The van der Waals surface area contributed by atoms with Crippen molar-refractivity contribution in [3.63, 3.8) is 0 Å². The summed E-state index contributed by atoms with van der Waals surface area (Å²) in [4.78, 5) is 19.0. The number of benzene rings is 3. The van der Waals surface area contributed by atoms with Crippen LogP contribution in [0, 0.1) is 11.3 Å². The van der Waals surface area contributed by atoms with Crippen LogP contribution in [0.1, 0.15) is 63.1 Å². The Morgan fingerprint density at radius 2 is 1.48 bits per heavy atom. The van der Waals surface area contributed by atoms with Gasteiger partial charge in [0.15, 0.2) is 9.04 Å². The van der Waals surface area contributed by atoms with Gasteiger partial charge in [0.05, 0.1) is 32.0 Å². The molecule has 0 spiro atoms. The van der Waals surface area contributed by atoms with E-state index in [1.54, 1.807) is 14.2 Å². The van der Waals surface area contributed by atoms with Crippen molar-refractivity contribution in [2.24, 2.45) is 11.3 Å². The molecule has 0 N–H and O–H groups in total. The molecule has 3 aromatic rings. The van der Waals surface area contributed by atoms with E-state index in [1.807, 2.05) is 53.4 Å². The summed E-state index contributed by atoms with van der Waals surface area (Å²) >= 11 is 6.78. The summed E-state index contributed by atoms with van der Waals surface area (Å²) in [6.45, 7) is 12.2. The molecule has 3 aromatic carbocycles. The fourth-order valence-electron chi connectivity index (χ4n) is 6.70. The average Bonchev–Trinajstić information content (AvgIpc) is 3.84. The second kappa shape index (κ2) is 13.2. The van der Waals surface area contributed by atoms with Crippen molar-refractivity contribution in [1.29, 1.82) is 0 Å². The van der Waals surface area contributed by atoms with Crippen LogP contribution in [0.5, 0.6) is 11.5 Å². The summed E-state index contributed by atoms with van der Waals surface area (Å²) in [5, 5.41) is 0.690. The van der Waals surface area contributed by atoms with E-state index >= 15 is 0 Å². The first-order chi connectivity index (χ1) is 21.0. The molecule has 1 heterocycles. The summed E-state index contributed by atoms with van der Waals surface area (Å²) in [5.74, 6) is 1.94. The number of methoxy groups -OCH3 is 2. The first-order valence-corrected chi connectivity index (χ1v) is 18.9. The highest BCUT2D eigenvalue weighted by atomic mass is 35.5. The minimum atomic E-state index is -1.29. The van der Waals surface area contributed by atoms with Crippen LogP contribution in [-0.2, 0) is 23.1 Å². The first kappa shape index (κ1) is 32.4. The summed E-state index contributed by atoms with van der Waals surface area (Å²) in [6.07, 6.45) is 3.93. The van der Waals surface area contributed by atoms with Gasteiger partial charge < -0.3 is 18.8 Å². The van der Waals surface area contributed by atoms with E-state index in [4.69, 9.17) is 25.5 Å². The number of hydrogen-bond acceptors (Lipinski definition) is 4. The molecule has 0 aromatic heterocycles. The Hall–Kier alpha value is -3.00. The maximum Gasteiger partial charge on any atom is 0.325 e. The van der Waals surface area contributed by atoms with Crippen LogP contribution >= 0.6 is 11.6 Å². The Morgan fingerprint density at radius 1 is 0.909 bits per heavy atom. The number of rotatable bonds is 12. The number of amides is 2. The molecular weight excluding hydrogens is 588 g/mol. The van der Waals surface area contributed by atoms with Crippen LogP contribution in [0.15, 0.2) is 66.7 Å². The fraction of sp³-hybridized carbons (Fsp3) is 0.472. The number of fused-ring (bicyclic) bond motifs is 1. The Labute approximate surface area is 270 Å². The minimum absolute atomic E-state index is 0.0148. The van der Waals surface area contributed by atoms with Gasteiger partial charge in [-0.2, -0.15) is 0 Å². The zero-order valence-corrected chi connectivity index (χ0v) is 29.1. The zero-order chi connectivity index (χ0) is 31.6. The van der Waals surface area contributed by atoms with Crippen LogP contribution in [0.3, 0.4) is 0 Å². The summed E-state index contributed by atoms with van der Waals surface area (Å²) in [7, 11) is 2.05. The predicted molar refractivity (Wildman–Crippen MR) is 181 cm³/mol. The van der Waals surface area contributed by atoms with Crippen LogP contribution in [0.25, 0.3) is 0 Å². The van der Waals surface area contributed by atoms with E-state index in [9.17, 15) is 4.79 Å². The third-order valence-corrected chi connectivity index (χ3v) is 10.2. The van der Waals surface area contributed by atoms with Crippen molar-refractivity contribution in [2.45, 2.75) is 84.3 Å². The second-order valence-corrected chi connectivity index (χ2v) is 16.4. The third kappa shape index (κ3) is 6.80. The summed E-state index contributed by atoms with van der Waals surface area (Å²) in [6, 6.07) is 22.1. The van der Waals surface area contributed by atoms with E-state index in [0.717, 1.165) is 59.6 Å². The van der Waals surface area contributed by atoms with Gasteiger partial charge in [-0.25, -0.2) is 4.79 Å². The number of hydrogen-bond donors (Lipinski definition) is 0. The van der Waals surface area contributed by atoms with Crippen molar-refractivity contribution >= 4 is 32.4 Å². The van der Waals surface area contributed by atoms with Gasteiger partial charge in [0.25, 0.3) is 0 Å². The average molecular weight is 635 g/mol. The monoisotopic (exact) mass is 634 g/mol. The molecule has 2 aliphatic rings. The van der Waals surface area contributed by atoms with Gasteiger partial charge >= 0.3 is 6.03 Å². The fourth-order valence-corrected chi connectivity index (χ4v) is 8.08. The maximum atomic E-state index is 14.9. The van der Waals surface area contributed by atoms with Crippen molar-refractivity contribution in [2.75, 3.05) is 19.1 Å². The van der Waals surface area contributed by atoms with E-state index < -0.39 is 14.6 Å². The smallest absolute Gasteiger partial charge is 0.325 e. The summed E-state index contributed by atoms with van der Waals surface area (Å²) in [5.41, 5.74) is 3.67. The molecule has 0 saturated heterocycles. The maximum absolute atomic E-state index is 14.9. The van der Waals surface area contributed by atoms with Gasteiger partial charge in [-0.3, -0.25) is 4.90 Å². The van der Waals surface area contributed by atoms with Gasteiger partial charge in [-0.1, -0.05) is 56.6 Å². The van der Waals surface area contributed by atoms with E-state index in [-0.39, 0.29) is 17.6 Å². The number of nitrogens with zero attached hydrogens (tertiary/aromatic N) is 2. The molecule has 2 atom stereocenters. The molecule has 2 unspecified atom stereocenters. The van der Waals surface area contributed by atoms with Gasteiger partial charge in [-0.05, 0) is 104 Å². The highest BCUT2D eigenvalue weighted by molar-refractivity contribution is 6.48. The van der Waals surface area contributed by atoms with Crippen molar-refractivity contribution in [1.82, 2.24) is 4.90 Å². The van der Waals surface area contributed by atoms with Crippen LogP contribution in [-0.4, -0.2) is 40.3 Å². The van der Waals surface area contributed by atoms with Crippen molar-refractivity contribution < 1.29 is 18.7 Å². The molecule has 44 heavy (non-hydrogen) atoms. The van der Waals surface area contributed by atoms with Gasteiger partial charge in [0.1, 0.15) is 11.5 Å². The largest absolute Gasteiger partial charge is 0.497 e. The van der Waals surface area contributed by atoms with E-state index in [2.05, 4.69) is 57.0 Å². The lowest BCUT2D eigenvalue weighted by Crippen LogP contribution is -2.59. The molecule has 1 aliphatic carbocycles. The van der Waals surface area contributed by atoms with Crippen LogP contribution < -0.4 is 14.4 Å². The van der Waals surface area contributed by atoms with Crippen LogP contribution in [0.2, 0.25) is 18.1 Å². The lowest BCUT2D eigenvalue weighted by atomic mass is 9.74. The second-order valence-electron chi connectivity index (χ2n) is 13.6. The van der Waals surface area contributed by atoms with Gasteiger partial charge in [0.2, 0.25) is 0 Å². The predicted octanol–water partition coefficient (Wildman–Crippen LogP) is 8.80. The molecule has 0 bridgehead atoms. The molecule has 2 amide bonds. The van der Waals surface area contributed by atoms with Crippen molar-refractivity contribution in [3.05, 3.63) is 88.4 Å². The highest BCUT2D eigenvalue weighted by Crippen LogP contribution is 2.58. The highest BCUT2D eigenvalue weighted by Gasteiger charge is 2.57. The molecule has 1 saturated carbocycles. The molecule has 6 nitrogen and oxygen atoms in total. The Balaban J connectivity index is 1.63. The molecule has 1 aliphatic heterocycles. The van der Waals surface area contributed by atoms with Gasteiger partial charge in [0, 0.05) is 23.2 Å². The Kier molecular flexibility index (Phi) is 9.68. The molecule has 5 rings (SSSR count). The normalized spacial score (nSPS) is 19.2. The van der Waals surface area contributed by atoms with E-state index in [1.165, 1.54) is 0 Å². The topological polar surface area (TPSA) is 51.2 Å². The number of ether oxygens (including phenoxy) is 2.